The predicted octanol–water partition coefficient (Wildman–Crippen LogP) is 0.669. The summed E-state index contributed by atoms with van der Waals surface area (Å²) in [6, 6.07) is -0.306. The zero-order valence-corrected chi connectivity index (χ0v) is 9.15. The molecule has 0 amide bonds. The summed E-state index contributed by atoms with van der Waals surface area (Å²) in [6.45, 7) is 1.98. The van der Waals surface area contributed by atoms with Crippen molar-refractivity contribution in [3.8, 4) is 0 Å². The highest BCUT2D eigenvalue weighted by Crippen LogP contribution is 2.43. The van der Waals surface area contributed by atoms with Crippen LogP contribution in [-0.2, 0) is 18.3 Å². The van der Waals surface area contributed by atoms with Crippen molar-refractivity contribution in [1.82, 2.24) is 0 Å². The van der Waals surface area contributed by atoms with E-state index in [1.807, 2.05) is 6.92 Å². The molecule has 0 aliphatic carbocycles. The van der Waals surface area contributed by atoms with Gasteiger partial charge in [0.2, 0.25) is 0 Å². The summed E-state index contributed by atoms with van der Waals surface area (Å²) < 4.78 is 25.2. The molecule has 0 aromatic rings. The monoisotopic (exact) mass is 220 g/mol. The van der Waals surface area contributed by atoms with Gasteiger partial charge in [-0.2, -0.15) is 0 Å². The average Bonchev–Trinajstić information content (AvgIpc) is 2.42. The Balaban J connectivity index is 2.35. The highest BCUT2D eigenvalue weighted by atomic mass is 31.2. The maximum Gasteiger partial charge on any atom is 0.472 e. The third-order valence-corrected chi connectivity index (χ3v) is 3.16. The van der Waals surface area contributed by atoms with Crippen molar-refractivity contribution >= 4 is 15.7 Å². The first-order chi connectivity index (χ1) is 6.44. The van der Waals surface area contributed by atoms with Crippen molar-refractivity contribution in [3.05, 3.63) is 0 Å². The summed E-state index contributed by atoms with van der Waals surface area (Å²) in [5.41, 5.74) is 0. The molecule has 2 radical (unpaired) electrons. The van der Waals surface area contributed by atoms with E-state index >= 15 is 0 Å². The average molecular weight is 220 g/mol. The van der Waals surface area contributed by atoms with E-state index in [1.165, 1.54) is 0 Å². The van der Waals surface area contributed by atoms with E-state index in [0.717, 1.165) is 13.5 Å². The van der Waals surface area contributed by atoms with Gasteiger partial charge in [0.05, 0.1) is 12.7 Å². The summed E-state index contributed by atoms with van der Waals surface area (Å²) >= 11 is 0. The molecule has 0 bridgehead atoms. The van der Waals surface area contributed by atoms with Crippen LogP contribution < -0.4 is 0 Å². The number of hydrogen-bond donors (Lipinski definition) is 1. The van der Waals surface area contributed by atoms with Gasteiger partial charge in [-0.05, 0) is 12.3 Å². The number of phosphoric ester groups is 1. The summed E-state index contributed by atoms with van der Waals surface area (Å²) in [5, 5.41) is 0. The van der Waals surface area contributed by atoms with Crippen LogP contribution in [0.15, 0.2) is 0 Å². The van der Waals surface area contributed by atoms with Crippen molar-refractivity contribution in [2.75, 3.05) is 13.7 Å². The first-order valence-electron chi connectivity index (χ1n) is 4.38. The lowest BCUT2D eigenvalue weighted by atomic mass is 9.92. The van der Waals surface area contributed by atoms with Crippen molar-refractivity contribution in [2.24, 2.45) is 5.92 Å². The second-order valence-corrected chi connectivity index (χ2v) is 4.93. The molecule has 0 aromatic carbocycles. The van der Waals surface area contributed by atoms with E-state index in [0.29, 0.717) is 0 Å². The first-order valence-corrected chi connectivity index (χ1v) is 5.88. The topological polar surface area (TPSA) is 65.0 Å². The van der Waals surface area contributed by atoms with Gasteiger partial charge < -0.3 is 9.63 Å². The molecule has 1 rings (SSSR count). The first kappa shape index (κ1) is 12.2. The van der Waals surface area contributed by atoms with E-state index < -0.39 is 7.82 Å². The molecule has 1 unspecified atom stereocenters. The SMILES string of the molecule is [B][C@H]1C[C@@H](C)[C@@H](COP(=O)(O)OC)O1. The zero-order chi connectivity index (χ0) is 10.8. The minimum Gasteiger partial charge on any atom is -0.382 e. The fourth-order valence-corrected chi connectivity index (χ4v) is 1.80. The Labute approximate surface area is 84.8 Å². The van der Waals surface area contributed by atoms with Gasteiger partial charge in [0, 0.05) is 13.1 Å². The molecule has 1 aliphatic rings. The normalized spacial score (nSPS) is 36.9. The van der Waals surface area contributed by atoms with Crippen LogP contribution in [0.5, 0.6) is 0 Å². The van der Waals surface area contributed by atoms with Crippen LogP contribution in [0.1, 0.15) is 13.3 Å². The second kappa shape index (κ2) is 4.77. The Hall–Kier alpha value is 0.135. The van der Waals surface area contributed by atoms with Crippen LogP contribution in [0.25, 0.3) is 0 Å². The minimum absolute atomic E-state index is 0.0243. The smallest absolute Gasteiger partial charge is 0.382 e. The second-order valence-electron chi connectivity index (χ2n) is 3.37. The molecule has 5 nitrogen and oxygen atoms in total. The van der Waals surface area contributed by atoms with Gasteiger partial charge in [-0.3, -0.25) is 9.05 Å². The lowest BCUT2D eigenvalue weighted by Crippen LogP contribution is -2.20. The van der Waals surface area contributed by atoms with Crippen LogP contribution in [0.3, 0.4) is 0 Å². The van der Waals surface area contributed by atoms with Crippen LogP contribution in [0, 0.1) is 5.92 Å². The zero-order valence-electron chi connectivity index (χ0n) is 8.25. The minimum atomic E-state index is -3.89. The van der Waals surface area contributed by atoms with Crippen LogP contribution >= 0.6 is 7.82 Å². The van der Waals surface area contributed by atoms with Gasteiger partial charge >= 0.3 is 7.82 Å². The van der Waals surface area contributed by atoms with Gasteiger partial charge in [-0.25, -0.2) is 4.57 Å². The lowest BCUT2D eigenvalue weighted by molar-refractivity contribution is 0.0252. The predicted molar refractivity (Wildman–Crippen MR) is 51.0 cm³/mol. The van der Waals surface area contributed by atoms with Crippen LogP contribution in [0.2, 0.25) is 0 Å². The molecule has 1 N–H and O–H groups in total. The Bertz CT molecular complexity index is 236. The van der Waals surface area contributed by atoms with Gasteiger partial charge in [0.15, 0.2) is 0 Å². The van der Waals surface area contributed by atoms with Gasteiger partial charge in [0.1, 0.15) is 7.85 Å². The molecule has 1 aliphatic heterocycles. The Kier molecular flexibility index (Phi) is 4.16. The van der Waals surface area contributed by atoms with Crippen molar-refractivity contribution in [2.45, 2.75) is 25.5 Å². The molecule has 1 fully saturated rings. The Morgan fingerprint density at radius 1 is 1.71 bits per heavy atom. The molecule has 7 heteroatoms. The van der Waals surface area contributed by atoms with Crippen molar-refractivity contribution in [3.63, 3.8) is 0 Å². The van der Waals surface area contributed by atoms with Gasteiger partial charge in [-0.1, -0.05) is 6.92 Å². The van der Waals surface area contributed by atoms with Crippen molar-refractivity contribution in [1.29, 1.82) is 0 Å². The maximum absolute atomic E-state index is 11.0. The van der Waals surface area contributed by atoms with Gasteiger partial charge in [0.25, 0.3) is 0 Å². The number of phosphoric acid groups is 1. The van der Waals surface area contributed by atoms with Gasteiger partial charge in [-0.15, -0.1) is 0 Å². The number of hydrogen-bond acceptors (Lipinski definition) is 4. The lowest BCUT2D eigenvalue weighted by Gasteiger charge is -2.16. The summed E-state index contributed by atoms with van der Waals surface area (Å²) in [4.78, 5) is 8.96. The van der Waals surface area contributed by atoms with E-state index in [1.54, 1.807) is 0 Å². The third-order valence-electron chi connectivity index (χ3n) is 2.22. The van der Waals surface area contributed by atoms with E-state index in [4.69, 9.17) is 17.5 Å². The summed E-state index contributed by atoms with van der Waals surface area (Å²) in [6.07, 6.45) is 0.497. The summed E-state index contributed by atoms with van der Waals surface area (Å²) in [5.74, 6) is 0.224. The van der Waals surface area contributed by atoms with Crippen molar-refractivity contribution < 1.29 is 23.2 Å². The fraction of sp³-hybridized carbons (Fsp3) is 1.00. The third kappa shape index (κ3) is 3.37. The van der Waals surface area contributed by atoms with Crippen LogP contribution in [0.4, 0.5) is 0 Å². The highest BCUT2D eigenvalue weighted by Gasteiger charge is 2.31. The standard InChI is InChI=1S/C7H14BO5P/c1-5-3-7(8)13-6(5)4-12-14(9,10)11-2/h5-7H,3-4H2,1-2H3,(H,9,10)/t5-,6-,7-/m1/s1. The Morgan fingerprint density at radius 2 is 2.36 bits per heavy atom. The fourth-order valence-electron chi connectivity index (χ4n) is 1.36. The number of rotatable bonds is 4. The molecule has 1 heterocycles. The molecular formula is C7H14BO5P. The molecule has 14 heavy (non-hydrogen) atoms. The molecule has 0 aromatic heterocycles. The highest BCUT2D eigenvalue weighted by molar-refractivity contribution is 7.47. The molecule has 0 spiro atoms. The quantitative estimate of drug-likeness (QED) is 0.557. The van der Waals surface area contributed by atoms with Crippen LogP contribution in [-0.4, -0.2) is 38.6 Å². The molecule has 1 saturated heterocycles. The van der Waals surface area contributed by atoms with E-state index in [2.05, 4.69) is 9.05 Å². The largest absolute Gasteiger partial charge is 0.472 e. The molecule has 4 atom stereocenters. The maximum atomic E-state index is 11.0. The molecule has 0 saturated carbocycles. The van der Waals surface area contributed by atoms with E-state index in [-0.39, 0.29) is 24.6 Å². The molecular weight excluding hydrogens is 206 g/mol. The number of ether oxygens (including phenoxy) is 1. The Morgan fingerprint density at radius 3 is 2.79 bits per heavy atom. The summed E-state index contributed by atoms with van der Waals surface area (Å²) in [7, 11) is 2.77. The van der Waals surface area contributed by atoms with E-state index in [9.17, 15) is 4.57 Å². The molecule has 80 valence electrons.